The van der Waals surface area contributed by atoms with E-state index >= 15 is 0 Å². The van der Waals surface area contributed by atoms with Gasteiger partial charge in [-0.15, -0.1) is 0 Å². The van der Waals surface area contributed by atoms with E-state index in [1.165, 1.54) is 11.8 Å². The molecule has 5 heteroatoms. The van der Waals surface area contributed by atoms with Crippen molar-refractivity contribution in [2.45, 2.75) is 32.2 Å². The summed E-state index contributed by atoms with van der Waals surface area (Å²) < 4.78 is 5.19. The topological polar surface area (TPSA) is 53.8 Å². The highest BCUT2D eigenvalue weighted by Gasteiger charge is 2.36. The molecular formula is C20H22N2O3. The van der Waals surface area contributed by atoms with Crippen molar-refractivity contribution in [3.8, 4) is 0 Å². The number of carbonyl (C=O) groups is 2. The lowest BCUT2D eigenvalue weighted by Gasteiger charge is -2.34. The van der Waals surface area contributed by atoms with Crippen LogP contribution in [0.2, 0.25) is 0 Å². The molecule has 4 rings (SSSR count). The molecule has 1 atom stereocenters. The van der Waals surface area contributed by atoms with Crippen molar-refractivity contribution in [1.82, 2.24) is 4.90 Å². The van der Waals surface area contributed by atoms with E-state index in [1.54, 1.807) is 17.0 Å². The zero-order valence-corrected chi connectivity index (χ0v) is 14.4. The normalized spacial score (nSPS) is 20.6. The van der Waals surface area contributed by atoms with Crippen LogP contribution < -0.4 is 4.90 Å². The highest BCUT2D eigenvalue weighted by Crippen LogP contribution is 2.34. The summed E-state index contributed by atoms with van der Waals surface area (Å²) >= 11 is 0. The molecule has 1 saturated heterocycles. The maximum absolute atomic E-state index is 13.1. The summed E-state index contributed by atoms with van der Waals surface area (Å²) in [7, 11) is 0. The van der Waals surface area contributed by atoms with Crippen LogP contribution in [0.25, 0.3) is 0 Å². The van der Waals surface area contributed by atoms with Crippen molar-refractivity contribution in [2.75, 3.05) is 18.0 Å². The Kier molecular flexibility index (Phi) is 4.07. The van der Waals surface area contributed by atoms with Gasteiger partial charge in [0.1, 0.15) is 0 Å². The van der Waals surface area contributed by atoms with Crippen molar-refractivity contribution < 1.29 is 14.0 Å². The second kappa shape index (κ2) is 6.39. The number of likely N-dealkylation sites (tertiary alicyclic amines) is 1. The zero-order valence-electron chi connectivity index (χ0n) is 14.4. The molecule has 5 nitrogen and oxygen atoms in total. The number of nitrogens with zero attached hydrogens (tertiary/aromatic N) is 2. The smallest absolute Gasteiger partial charge is 0.289 e. The molecule has 1 fully saturated rings. The first kappa shape index (κ1) is 15.9. The second-order valence-corrected chi connectivity index (χ2v) is 6.93. The summed E-state index contributed by atoms with van der Waals surface area (Å²) in [4.78, 5) is 29.2. The summed E-state index contributed by atoms with van der Waals surface area (Å²) in [6.07, 6.45) is 3.83. The largest absolute Gasteiger partial charge is 0.459 e. The minimum atomic E-state index is -0.0872. The van der Waals surface area contributed by atoms with E-state index in [0.29, 0.717) is 31.7 Å². The van der Waals surface area contributed by atoms with Crippen LogP contribution in [0.3, 0.4) is 0 Å². The predicted octanol–water partition coefficient (Wildman–Crippen LogP) is 3.11. The number of para-hydroxylation sites is 1. The highest BCUT2D eigenvalue weighted by molar-refractivity contribution is 5.98. The van der Waals surface area contributed by atoms with Crippen LogP contribution in [0.15, 0.2) is 47.1 Å². The van der Waals surface area contributed by atoms with Gasteiger partial charge in [0.2, 0.25) is 5.91 Å². The van der Waals surface area contributed by atoms with Crippen LogP contribution in [-0.4, -0.2) is 35.8 Å². The molecule has 2 aromatic rings. The number of benzene rings is 1. The minimum Gasteiger partial charge on any atom is -0.459 e. The van der Waals surface area contributed by atoms with Gasteiger partial charge in [-0.3, -0.25) is 9.59 Å². The van der Waals surface area contributed by atoms with E-state index < -0.39 is 0 Å². The van der Waals surface area contributed by atoms with Gasteiger partial charge in [0.05, 0.1) is 6.26 Å². The number of fused-ring (bicyclic) bond motifs is 1. The molecule has 2 aliphatic heterocycles. The van der Waals surface area contributed by atoms with Gasteiger partial charge in [-0.1, -0.05) is 18.2 Å². The van der Waals surface area contributed by atoms with Crippen molar-refractivity contribution in [3.05, 3.63) is 54.0 Å². The quantitative estimate of drug-likeness (QED) is 0.845. The fourth-order valence-electron chi connectivity index (χ4n) is 3.98. The number of rotatable bonds is 2. The molecule has 0 saturated carbocycles. The number of hydrogen-bond acceptors (Lipinski definition) is 3. The Morgan fingerprint density at radius 3 is 2.56 bits per heavy atom. The number of furan rings is 1. The fourth-order valence-corrected chi connectivity index (χ4v) is 3.98. The first-order chi connectivity index (χ1) is 12.1. The van der Waals surface area contributed by atoms with E-state index in [9.17, 15) is 9.59 Å². The Labute approximate surface area is 147 Å². The summed E-state index contributed by atoms with van der Waals surface area (Å²) in [6, 6.07) is 11.8. The number of carbonyl (C=O) groups excluding carboxylic acids is 2. The Morgan fingerprint density at radius 2 is 1.84 bits per heavy atom. The molecule has 0 bridgehead atoms. The maximum Gasteiger partial charge on any atom is 0.289 e. The van der Waals surface area contributed by atoms with Crippen LogP contribution in [0.1, 0.15) is 35.9 Å². The van der Waals surface area contributed by atoms with Crippen molar-refractivity contribution in [2.24, 2.45) is 5.92 Å². The summed E-state index contributed by atoms with van der Waals surface area (Å²) in [5.74, 6) is 0.458. The van der Waals surface area contributed by atoms with Crippen LogP contribution >= 0.6 is 0 Å². The Balaban J connectivity index is 1.43. The van der Waals surface area contributed by atoms with Crippen LogP contribution in [0, 0.1) is 5.92 Å². The average Bonchev–Trinajstić information content (AvgIpc) is 3.27. The van der Waals surface area contributed by atoms with Gasteiger partial charge in [-0.2, -0.15) is 0 Å². The summed E-state index contributed by atoms with van der Waals surface area (Å²) in [5.41, 5.74) is 2.29. The van der Waals surface area contributed by atoms with E-state index in [-0.39, 0.29) is 23.8 Å². The molecule has 2 amide bonds. The Morgan fingerprint density at radius 1 is 1.08 bits per heavy atom. The minimum absolute atomic E-state index is 0.0192. The summed E-state index contributed by atoms with van der Waals surface area (Å²) in [6.45, 7) is 3.30. The Bertz CT molecular complexity index is 776. The van der Waals surface area contributed by atoms with Crippen molar-refractivity contribution in [1.29, 1.82) is 0 Å². The van der Waals surface area contributed by atoms with Gasteiger partial charge < -0.3 is 14.2 Å². The van der Waals surface area contributed by atoms with Crippen molar-refractivity contribution >= 4 is 17.5 Å². The first-order valence-electron chi connectivity index (χ1n) is 8.89. The molecule has 2 aliphatic rings. The third-order valence-electron chi connectivity index (χ3n) is 5.31. The molecule has 0 aliphatic carbocycles. The number of hydrogen-bond donors (Lipinski definition) is 0. The van der Waals surface area contributed by atoms with Gasteiger partial charge in [0.25, 0.3) is 5.91 Å². The maximum atomic E-state index is 13.1. The van der Waals surface area contributed by atoms with Gasteiger partial charge in [0, 0.05) is 30.7 Å². The lowest BCUT2D eigenvalue weighted by Crippen LogP contribution is -2.46. The number of amides is 2. The summed E-state index contributed by atoms with van der Waals surface area (Å²) in [5, 5.41) is 0. The number of anilines is 1. The van der Waals surface area contributed by atoms with Crippen LogP contribution in [0.5, 0.6) is 0 Å². The third kappa shape index (κ3) is 2.84. The number of piperidine rings is 1. The van der Waals surface area contributed by atoms with Crippen LogP contribution in [0.4, 0.5) is 5.69 Å². The average molecular weight is 338 g/mol. The van der Waals surface area contributed by atoms with Gasteiger partial charge in [-0.05, 0) is 49.9 Å². The SMILES string of the molecule is C[C@@H]1Cc2ccccc2N1C(=O)C1CCN(C(=O)c2ccco2)CC1. The molecule has 0 unspecified atom stereocenters. The third-order valence-corrected chi connectivity index (χ3v) is 5.31. The lowest BCUT2D eigenvalue weighted by atomic mass is 9.94. The Hall–Kier alpha value is -2.56. The van der Waals surface area contributed by atoms with E-state index in [4.69, 9.17) is 4.42 Å². The molecule has 0 radical (unpaired) electrons. The standard InChI is InChI=1S/C20H22N2O3/c1-14-13-16-5-2-3-6-17(16)22(14)19(23)15-8-10-21(11-9-15)20(24)18-7-4-12-25-18/h2-7,12,14-15H,8-11,13H2,1H3/t14-/m1/s1. The highest BCUT2D eigenvalue weighted by atomic mass is 16.3. The fraction of sp³-hybridized carbons (Fsp3) is 0.400. The van der Waals surface area contributed by atoms with Gasteiger partial charge >= 0.3 is 0 Å². The molecule has 130 valence electrons. The van der Waals surface area contributed by atoms with Gasteiger partial charge in [0.15, 0.2) is 5.76 Å². The molecule has 1 aromatic carbocycles. The molecule has 3 heterocycles. The second-order valence-electron chi connectivity index (χ2n) is 6.93. The van der Waals surface area contributed by atoms with Gasteiger partial charge in [-0.25, -0.2) is 0 Å². The molecule has 0 spiro atoms. The molecule has 0 N–H and O–H groups in total. The molecular weight excluding hydrogens is 316 g/mol. The molecule has 1 aromatic heterocycles. The van der Waals surface area contributed by atoms with E-state index in [1.807, 2.05) is 23.1 Å². The monoisotopic (exact) mass is 338 g/mol. The first-order valence-corrected chi connectivity index (χ1v) is 8.89. The lowest BCUT2D eigenvalue weighted by molar-refractivity contribution is -0.124. The predicted molar refractivity (Wildman–Crippen MR) is 94.4 cm³/mol. The van der Waals surface area contributed by atoms with E-state index in [2.05, 4.69) is 13.0 Å². The van der Waals surface area contributed by atoms with E-state index in [0.717, 1.165) is 12.1 Å². The van der Waals surface area contributed by atoms with Crippen LogP contribution in [-0.2, 0) is 11.2 Å². The van der Waals surface area contributed by atoms with Crippen molar-refractivity contribution in [3.63, 3.8) is 0 Å². The molecule has 25 heavy (non-hydrogen) atoms. The zero-order chi connectivity index (χ0) is 17.4.